The van der Waals surface area contributed by atoms with E-state index in [4.69, 9.17) is 4.42 Å². The van der Waals surface area contributed by atoms with Gasteiger partial charge in [-0.05, 0) is 25.0 Å². The van der Waals surface area contributed by atoms with E-state index in [2.05, 4.69) is 15.3 Å². The Balaban J connectivity index is 1.66. The summed E-state index contributed by atoms with van der Waals surface area (Å²) in [5.41, 5.74) is 1.85. The van der Waals surface area contributed by atoms with Crippen molar-refractivity contribution in [2.75, 3.05) is 0 Å². The molecule has 1 aromatic carbocycles. The van der Waals surface area contributed by atoms with Gasteiger partial charge in [-0.25, -0.2) is 14.5 Å². The Kier molecular flexibility index (Phi) is 5.19. The van der Waals surface area contributed by atoms with Crippen molar-refractivity contribution in [2.24, 2.45) is 0 Å². The molecule has 4 rings (SSSR count). The Hall–Kier alpha value is -3.01. The van der Waals surface area contributed by atoms with Gasteiger partial charge >= 0.3 is 11.8 Å². The van der Waals surface area contributed by atoms with Crippen LogP contribution in [-0.4, -0.2) is 26.2 Å². The average molecular weight is 434 g/mol. The Morgan fingerprint density at radius 3 is 2.73 bits per heavy atom. The van der Waals surface area contributed by atoms with Crippen LogP contribution in [-0.2, 0) is 6.54 Å². The lowest BCUT2D eigenvalue weighted by molar-refractivity contribution is -0.151. The van der Waals surface area contributed by atoms with E-state index in [1.54, 1.807) is 12.1 Å². The molecule has 0 saturated heterocycles. The van der Waals surface area contributed by atoms with Crippen molar-refractivity contribution in [2.45, 2.75) is 38.9 Å². The zero-order valence-corrected chi connectivity index (χ0v) is 16.9. The smallest absolute Gasteiger partial charge is 0.397 e. The highest BCUT2D eigenvalue weighted by atomic mass is 32.1. The van der Waals surface area contributed by atoms with Crippen LogP contribution in [0.2, 0.25) is 0 Å². The molecule has 156 valence electrons. The molecule has 0 bridgehead atoms. The average Bonchev–Trinajstić information content (AvgIpc) is 3.29. The maximum atomic E-state index is 13.1. The first kappa shape index (κ1) is 20.3. The van der Waals surface area contributed by atoms with Crippen molar-refractivity contribution >= 4 is 22.3 Å². The number of nitrogens with zero attached hydrogens (tertiary/aromatic N) is 4. The first-order chi connectivity index (χ1) is 14.2. The first-order valence-corrected chi connectivity index (χ1v) is 10.1. The number of fused-ring (bicyclic) bond motifs is 1. The molecule has 0 aliphatic carbocycles. The summed E-state index contributed by atoms with van der Waals surface area (Å²) in [6.07, 6.45) is -3.18. The minimum Gasteiger partial charge on any atom is -0.423 e. The Bertz CT molecular complexity index is 1260. The van der Waals surface area contributed by atoms with Crippen LogP contribution < -0.4 is 5.63 Å². The molecule has 0 radical (unpaired) electrons. The predicted molar refractivity (Wildman–Crippen MR) is 107 cm³/mol. The molecule has 6 nitrogen and oxygen atoms in total. The normalized spacial score (nSPS) is 13.1. The minimum atomic E-state index is -4.37. The summed E-state index contributed by atoms with van der Waals surface area (Å²) in [6, 6.07) is 6.71. The van der Waals surface area contributed by atoms with Crippen molar-refractivity contribution in [3.8, 4) is 11.3 Å². The molecular weight excluding hydrogens is 417 g/mol. The molecule has 4 aromatic rings. The molecule has 0 N–H and O–H groups in total. The van der Waals surface area contributed by atoms with Gasteiger partial charge in [0.25, 0.3) is 0 Å². The van der Waals surface area contributed by atoms with Gasteiger partial charge in [0.15, 0.2) is 0 Å². The largest absolute Gasteiger partial charge is 0.423 e. The second kappa shape index (κ2) is 7.67. The lowest BCUT2D eigenvalue weighted by Gasteiger charge is -2.15. The van der Waals surface area contributed by atoms with E-state index in [9.17, 15) is 18.0 Å². The lowest BCUT2D eigenvalue weighted by atomic mass is 10.0. The van der Waals surface area contributed by atoms with E-state index in [1.807, 2.05) is 18.4 Å². The number of hydrogen-bond donors (Lipinski definition) is 0. The Morgan fingerprint density at radius 2 is 2.07 bits per heavy atom. The van der Waals surface area contributed by atoms with Crippen LogP contribution in [0.1, 0.15) is 35.5 Å². The van der Waals surface area contributed by atoms with Gasteiger partial charge in [0.05, 0.1) is 22.9 Å². The maximum absolute atomic E-state index is 13.1. The summed E-state index contributed by atoms with van der Waals surface area (Å²) >= 11 is 1.48. The number of aromatic nitrogens is 4. The molecule has 10 heteroatoms. The molecule has 0 saturated carbocycles. The molecule has 30 heavy (non-hydrogen) atoms. The molecule has 3 aromatic heterocycles. The summed E-state index contributed by atoms with van der Waals surface area (Å²) in [4.78, 5) is 16.5. The second-order valence-corrected chi connectivity index (χ2v) is 7.97. The maximum Gasteiger partial charge on any atom is 0.397 e. The molecule has 0 aliphatic heterocycles. The minimum absolute atomic E-state index is 0.109. The first-order valence-electron chi connectivity index (χ1n) is 9.20. The third-order valence-corrected chi connectivity index (χ3v) is 5.54. The molecule has 0 spiro atoms. The van der Waals surface area contributed by atoms with Crippen molar-refractivity contribution in [3.63, 3.8) is 0 Å². The quantitative estimate of drug-likeness (QED) is 0.417. The van der Waals surface area contributed by atoms with E-state index >= 15 is 0 Å². The summed E-state index contributed by atoms with van der Waals surface area (Å²) in [5.74, 6) is -1.65. The highest BCUT2D eigenvalue weighted by molar-refractivity contribution is 7.09. The van der Waals surface area contributed by atoms with Gasteiger partial charge < -0.3 is 4.42 Å². The second-order valence-electron chi connectivity index (χ2n) is 6.90. The molecular formula is C20H17F3N4O2S. The number of aryl methyl sites for hydroxylation is 1. The van der Waals surface area contributed by atoms with Gasteiger partial charge in [-0.2, -0.15) is 13.2 Å². The molecule has 3 heterocycles. The molecule has 1 atom stereocenters. The van der Waals surface area contributed by atoms with Crippen molar-refractivity contribution in [1.29, 1.82) is 0 Å². The van der Waals surface area contributed by atoms with Crippen LogP contribution in [0, 0.1) is 6.92 Å². The van der Waals surface area contributed by atoms with Gasteiger partial charge in [-0.3, -0.25) is 0 Å². The third-order valence-electron chi connectivity index (χ3n) is 4.77. The van der Waals surface area contributed by atoms with E-state index in [0.717, 1.165) is 10.4 Å². The lowest BCUT2D eigenvalue weighted by Crippen LogP contribution is -2.20. The van der Waals surface area contributed by atoms with Crippen LogP contribution in [0.4, 0.5) is 13.2 Å². The fraction of sp³-hybridized carbons (Fsp3) is 0.300. The van der Waals surface area contributed by atoms with Gasteiger partial charge in [-0.1, -0.05) is 24.3 Å². The van der Waals surface area contributed by atoms with Gasteiger partial charge in [-0.15, -0.1) is 16.4 Å². The van der Waals surface area contributed by atoms with Crippen LogP contribution in [0.5, 0.6) is 0 Å². The molecule has 0 amide bonds. The number of hydrogen-bond acceptors (Lipinski definition) is 6. The summed E-state index contributed by atoms with van der Waals surface area (Å²) < 4.78 is 46.0. The number of halogens is 3. The highest BCUT2D eigenvalue weighted by Gasteiger charge is 2.41. The summed E-state index contributed by atoms with van der Waals surface area (Å²) in [5, 5.41) is 11.0. The Labute approximate surface area is 173 Å². The summed E-state index contributed by atoms with van der Waals surface area (Å²) in [6.45, 7) is 3.54. The monoisotopic (exact) mass is 434 g/mol. The molecule has 0 aliphatic rings. The van der Waals surface area contributed by atoms with Gasteiger partial charge in [0, 0.05) is 28.6 Å². The van der Waals surface area contributed by atoms with Crippen LogP contribution in [0.15, 0.2) is 45.1 Å². The van der Waals surface area contributed by atoms with Crippen molar-refractivity contribution < 1.29 is 17.6 Å². The van der Waals surface area contributed by atoms with E-state index in [1.165, 1.54) is 35.2 Å². The van der Waals surface area contributed by atoms with Gasteiger partial charge in [0.1, 0.15) is 11.5 Å². The number of alkyl halides is 3. The number of thiazole rings is 1. The van der Waals surface area contributed by atoms with E-state index < -0.39 is 17.7 Å². The van der Waals surface area contributed by atoms with Crippen LogP contribution in [0.3, 0.4) is 0 Å². The zero-order chi connectivity index (χ0) is 21.5. The highest BCUT2D eigenvalue weighted by Crippen LogP contribution is 2.36. The Morgan fingerprint density at radius 1 is 1.27 bits per heavy atom. The van der Waals surface area contributed by atoms with Crippen molar-refractivity contribution in [1.82, 2.24) is 20.0 Å². The summed E-state index contributed by atoms with van der Waals surface area (Å²) in [7, 11) is 0. The van der Waals surface area contributed by atoms with E-state index in [0.29, 0.717) is 22.4 Å². The molecule has 0 fully saturated rings. The molecule has 1 unspecified atom stereocenters. The topological polar surface area (TPSA) is 73.8 Å². The predicted octanol–water partition coefficient (Wildman–Crippen LogP) is 4.92. The fourth-order valence-corrected chi connectivity index (χ4v) is 3.96. The standard InChI is InChI=1S/C20H17F3N4O2S/c1-3-15(20(21,22)23)16-9-27(26-25-16)8-12-4-5-13-14(17-10-30-11(2)24-17)7-19(28)29-18(13)6-12/h4-7,9-10,15H,3,8H2,1-2H3. The number of rotatable bonds is 5. The third kappa shape index (κ3) is 4.00. The van der Waals surface area contributed by atoms with Crippen LogP contribution in [0.25, 0.3) is 22.2 Å². The zero-order valence-electron chi connectivity index (χ0n) is 16.1. The fourth-order valence-electron chi connectivity index (χ4n) is 3.35. The van der Waals surface area contributed by atoms with Gasteiger partial charge in [0.2, 0.25) is 0 Å². The SMILES string of the molecule is CCC(c1cn(Cc2ccc3c(-c4csc(C)n4)cc(=O)oc3c2)nn1)C(F)(F)F. The van der Waals surface area contributed by atoms with E-state index in [-0.39, 0.29) is 18.7 Å². The van der Waals surface area contributed by atoms with Crippen LogP contribution >= 0.6 is 11.3 Å². The van der Waals surface area contributed by atoms with Crippen molar-refractivity contribution in [3.05, 3.63) is 62.5 Å². The number of benzene rings is 1.